The zero-order valence-corrected chi connectivity index (χ0v) is 11.4. The van der Waals surface area contributed by atoms with Crippen LogP contribution in [0.2, 0.25) is 0 Å². The number of benzene rings is 1. The zero-order chi connectivity index (χ0) is 13.8. The molecule has 0 bridgehead atoms. The summed E-state index contributed by atoms with van der Waals surface area (Å²) >= 11 is 0. The molecule has 1 heterocycles. The van der Waals surface area contributed by atoms with Gasteiger partial charge < -0.3 is 19.8 Å². The first-order valence-electron chi connectivity index (χ1n) is 6.10. The highest BCUT2D eigenvalue weighted by molar-refractivity contribution is 5.40. The average molecular weight is 261 g/mol. The van der Waals surface area contributed by atoms with Crippen LogP contribution in [0.25, 0.3) is 0 Å². The van der Waals surface area contributed by atoms with Crippen LogP contribution in [0.1, 0.15) is 30.5 Å². The lowest BCUT2D eigenvalue weighted by Gasteiger charge is -2.21. The lowest BCUT2D eigenvalue weighted by Crippen LogP contribution is -2.14. The number of hydrogen-bond donors (Lipinski definition) is 1. The number of hydrogen-bond acceptors (Lipinski definition) is 4. The van der Waals surface area contributed by atoms with Gasteiger partial charge >= 0.3 is 0 Å². The van der Waals surface area contributed by atoms with Gasteiger partial charge in [-0.25, -0.2) is 4.98 Å². The fraction of sp³-hybridized carbons (Fsp3) is 0.357. The number of imidazole rings is 1. The van der Waals surface area contributed by atoms with E-state index in [0.717, 1.165) is 16.9 Å². The molecule has 1 atom stereocenters. The molecular weight excluding hydrogens is 242 g/mol. The van der Waals surface area contributed by atoms with Gasteiger partial charge in [-0.1, -0.05) is 12.1 Å². The van der Waals surface area contributed by atoms with Crippen LogP contribution in [0.3, 0.4) is 0 Å². The first-order valence-corrected chi connectivity index (χ1v) is 6.10. The highest BCUT2D eigenvalue weighted by atomic mass is 16.7. The van der Waals surface area contributed by atoms with E-state index in [1.807, 2.05) is 28.8 Å². The maximum absolute atomic E-state index is 5.71. The SMILES string of the molecule is COC(OC)c1cncn1C(C)c1ccc(N)cc1. The predicted octanol–water partition coefficient (Wildman–Crippen LogP) is 2.37. The fourth-order valence-corrected chi connectivity index (χ4v) is 2.09. The van der Waals surface area contributed by atoms with Gasteiger partial charge in [0.05, 0.1) is 24.3 Å². The van der Waals surface area contributed by atoms with E-state index >= 15 is 0 Å². The Morgan fingerprint density at radius 2 is 1.79 bits per heavy atom. The molecule has 0 saturated heterocycles. The van der Waals surface area contributed by atoms with Gasteiger partial charge in [0.2, 0.25) is 0 Å². The molecule has 5 heteroatoms. The molecular formula is C14H19N3O2. The summed E-state index contributed by atoms with van der Waals surface area (Å²) in [5.74, 6) is 0. The second-order valence-electron chi connectivity index (χ2n) is 4.37. The Kier molecular flexibility index (Phi) is 4.19. The predicted molar refractivity (Wildman–Crippen MR) is 73.7 cm³/mol. The molecule has 1 aromatic carbocycles. The molecule has 2 N–H and O–H groups in total. The molecule has 0 fully saturated rings. The molecule has 5 nitrogen and oxygen atoms in total. The van der Waals surface area contributed by atoms with Crippen LogP contribution >= 0.6 is 0 Å². The van der Waals surface area contributed by atoms with Crippen molar-refractivity contribution in [1.82, 2.24) is 9.55 Å². The first-order chi connectivity index (χ1) is 9.17. The van der Waals surface area contributed by atoms with Gasteiger partial charge in [-0.15, -0.1) is 0 Å². The Morgan fingerprint density at radius 1 is 1.16 bits per heavy atom. The summed E-state index contributed by atoms with van der Waals surface area (Å²) in [5.41, 5.74) is 8.50. The van der Waals surface area contributed by atoms with Crippen molar-refractivity contribution in [2.24, 2.45) is 0 Å². The third-order valence-corrected chi connectivity index (χ3v) is 3.20. The largest absolute Gasteiger partial charge is 0.399 e. The summed E-state index contributed by atoms with van der Waals surface area (Å²) in [6.45, 7) is 2.10. The average Bonchev–Trinajstić information content (AvgIpc) is 2.89. The van der Waals surface area contributed by atoms with Crippen molar-refractivity contribution in [1.29, 1.82) is 0 Å². The number of aromatic nitrogens is 2. The maximum atomic E-state index is 5.71. The normalized spacial score (nSPS) is 12.8. The van der Waals surface area contributed by atoms with Crippen LogP contribution in [0.4, 0.5) is 5.69 Å². The van der Waals surface area contributed by atoms with E-state index in [1.54, 1.807) is 26.7 Å². The van der Waals surface area contributed by atoms with Gasteiger partial charge in [-0.3, -0.25) is 0 Å². The molecule has 0 aliphatic carbocycles. The smallest absolute Gasteiger partial charge is 0.200 e. The van der Waals surface area contributed by atoms with Crippen LogP contribution in [0.5, 0.6) is 0 Å². The summed E-state index contributed by atoms with van der Waals surface area (Å²) in [6, 6.07) is 7.95. The summed E-state index contributed by atoms with van der Waals surface area (Å²) in [5, 5.41) is 0. The molecule has 2 aromatic rings. The molecule has 102 valence electrons. The zero-order valence-electron chi connectivity index (χ0n) is 11.4. The molecule has 1 unspecified atom stereocenters. The highest BCUT2D eigenvalue weighted by Gasteiger charge is 2.18. The van der Waals surface area contributed by atoms with Gasteiger partial charge in [0.1, 0.15) is 0 Å². The molecule has 0 amide bonds. The standard InChI is InChI=1S/C14H19N3O2/c1-10(11-4-6-12(15)7-5-11)17-9-16-8-13(17)14(18-2)19-3/h4-10,14H,15H2,1-3H3. The monoisotopic (exact) mass is 261 g/mol. The molecule has 0 spiro atoms. The Hall–Kier alpha value is -1.85. The number of anilines is 1. The van der Waals surface area contributed by atoms with E-state index in [2.05, 4.69) is 11.9 Å². The Labute approximate surface area is 113 Å². The van der Waals surface area contributed by atoms with Crippen LogP contribution < -0.4 is 5.73 Å². The molecule has 0 saturated carbocycles. The second kappa shape index (κ2) is 5.86. The third kappa shape index (κ3) is 2.77. The molecule has 1 aromatic heterocycles. The van der Waals surface area contributed by atoms with Crippen LogP contribution in [-0.4, -0.2) is 23.8 Å². The van der Waals surface area contributed by atoms with Crippen molar-refractivity contribution >= 4 is 5.69 Å². The lowest BCUT2D eigenvalue weighted by molar-refractivity contribution is -0.110. The minimum absolute atomic E-state index is 0.130. The van der Waals surface area contributed by atoms with E-state index in [1.165, 1.54) is 0 Å². The number of nitrogens with zero attached hydrogens (tertiary/aromatic N) is 2. The fourth-order valence-electron chi connectivity index (χ4n) is 2.09. The minimum Gasteiger partial charge on any atom is -0.399 e. The number of nitrogen functional groups attached to an aromatic ring is 1. The van der Waals surface area contributed by atoms with E-state index in [9.17, 15) is 0 Å². The quantitative estimate of drug-likeness (QED) is 0.663. The number of methoxy groups -OCH3 is 2. The molecule has 0 aliphatic rings. The van der Waals surface area contributed by atoms with Gasteiger partial charge in [0, 0.05) is 19.9 Å². The highest BCUT2D eigenvalue weighted by Crippen LogP contribution is 2.25. The number of rotatable bonds is 5. The van der Waals surface area contributed by atoms with Crippen LogP contribution in [0, 0.1) is 0 Å². The van der Waals surface area contributed by atoms with E-state index in [-0.39, 0.29) is 6.04 Å². The molecule has 2 rings (SSSR count). The number of ether oxygens (including phenoxy) is 2. The van der Waals surface area contributed by atoms with E-state index < -0.39 is 6.29 Å². The van der Waals surface area contributed by atoms with Crippen molar-refractivity contribution in [3.8, 4) is 0 Å². The van der Waals surface area contributed by atoms with Crippen molar-refractivity contribution in [3.05, 3.63) is 48.0 Å². The number of nitrogens with two attached hydrogens (primary N) is 1. The Bertz CT molecular complexity index is 518. The van der Waals surface area contributed by atoms with Crippen molar-refractivity contribution in [2.45, 2.75) is 19.3 Å². The Morgan fingerprint density at radius 3 is 2.37 bits per heavy atom. The first kappa shape index (κ1) is 13.6. The maximum Gasteiger partial charge on any atom is 0.200 e. The summed E-state index contributed by atoms with van der Waals surface area (Å²) < 4.78 is 12.6. The van der Waals surface area contributed by atoms with Gasteiger partial charge in [-0.05, 0) is 24.6 Å². The molecule has 0 aliphatic heterocycles. The van der Waals surface area contributed by atoms with Gasteiger partial charge in [-0.2, -0.15) is 0 Å². The van der Waals surface area contributed by atoms with Gasteiger partial charge in [0.15, 0.2) is 6.29 Å². The summed E-state index contributed by atoms with van der Waals surface area (Å²) in [7, 11) is 3.22. The summed E-state index contributed by atoms with van der Waals surface area (Å²) in [4.78, 5) is 4.18. The third-order valence-electron chi connectivity index (χ3n) is 3.20. The second-order valence-corrected chi connectivity index (χ2v) is 4.37. The van der Waals surface area contributed by atoms with Gasteiger partial charge in [0.25, 0.3) is 0 Å². The minimum atomic E-state index is -0.418. The Balaban J connectivity index is 2.31. The van der Waals surface area contributed by atoms with Crippen LogP contribution in [-0.2, 0) is 9.47 Å². The molecule has 19 heavy (non-hydrogen) atoms. The topological polar surface area (TPSA) is 62.3 Å². The summed E-state index contributed by atoms with van der Waals surface area (Å²) in [6.07, 6.45) is 3.12. The van der Waals surface area contributed by atoms with Crippen molar-refractivity contribution in [2.75, 3.05) is 20.0 Å². The van der Waals surface area contributed by atoms with Crippen molar-refractivity contribution < 1.29 is 9.47 Å². The van der Waals surface area contributed by atoms with Crippen molar-refractivity contribution in [3.63, 3.8) is 0 Å². The van der Waals surface area contributed by atoms with Crippen LogP contribution in [0.15, 0.2) is 36.8 Å². The van der Waals surface area contributed by atoms with E-state index in [4.69, 9.17) is 15.2 Å². The lowest BCUT2D eigenvalue weighted by atomic mass is 10.1. The molecule has 0 radical (unpaired) electrons. The van der Waals surface area contributed by atoms with E-state index in [0.29, 0.717) is 0 Å².